The van der Waals surface area contributed by atoms with Crippen LogP contribution < -0.4 is 4.74 Å². The van der Waals surface area contributed by atoms with Crippen molar-refractivity contribution in [1.82, 2.24) is 0 Å². The maximum Gasteiger partial charge on any atom is 0.176 e. The summed E-state index contributed by atoms with van der Waals surface area (Å²) in [5.41, 5.74) is 8.88. The van der Waals surface area contributed by atoms with Crippen molar-refractivity contribution in [2.45, 2.75) is 6.54 Å². The number of azide groups is 1. The fourth-order valence-electron chi connectivity index (χ4n) is 1.43. The van der Waals surface area contributed by atoms with E-state index in [2.05, 4.69) is 10.0 Å². The van der Waals surface area contributed by atoms with Crippen LogP contribution in [0.2, 0.25) is 0 Å². The lowest BCUT2D eigenvalue weighted by molar-refractivity contribution is 0.407. The molecule has 0 saturated heterocycles. The van der Waals surface area contributed by atoms with Gasteiger partial charge in [0.25, 0.3) is 0 Å². The molecular weight excluding hydrogens is 194 g/mol. The predicted molar refractivity (Wildman–Crippen MR) is 55.6 cm³/mol. The van der Waals surface area contributed by atoms with E-state index in [1.165, 1.54) is 0 Å². The molecule has 0 saturated carbocycles. The summed E-state index contributed by atoms with van der Waals surface area (Å²) in [6, 6.07) is 7.46. The molecule has 0 unspecified atom stereocenters. The Morgan fingerprint density at radius 3 is 3.13 bits per heavy atom. The van der Waals surface area contributed by atoms with Crippen molar-refractivity contribution in [3.05, 3.63) is 40.5 Å². The van der Waals surface area contributed by atoms with Gasteiger partial charge in [0.2, 0.25) is 0 Å². The Balaban J connectivity index is 2.49. The van der Waals surface area contributed by atoms with Crippen LogP contribution in [0.25, 0.3) is 21.4 Å². The molecule has 1 aromatic heterocycles. The summed E-state index contributed by atoms with van der Waals surface area (Å²) in [6.45, 7) is 0.217. The summed E-state index contributed by atoms with van der Waals surface area (Å²) in [6.07, 6.45) is 0. The van der Waals surface area contributed by atoms with Gasteiger partial charge < -0.3 is 9.15 Å². The maximum atomic E-state index is 8.20. The Labute approximate surface area is 85.9 Å². The second-order valence-corrected chi connectivity index (χ2v) is 2.98. The summed E-state index contributed by atoms with van der Waals surface area (Å²) in [5.74, 6) is 1.31. The first-order chi connectivity index (χ1) is 7.35. The van der Waals surface area contributed by atoms with E-state index in [0.29, 0.717) is 17.1 Å². The van der Waals surface area contributed by atoms with E-state index < -0.39 is 0 Å². The Morgan fingerprint density at radius 2 is 2.40 bits per heavy atom. The van der Waals surface area contributed by atoms with Crippen LogP contribution in [0.1, 0.15) is 5.76 Å². The molecule has 0 spiro atoms. The summed E-state index contributed by atoms with van der Waals surface area (Å²) in [7, 11) is 1.59. The molecule has 15 heavy (non-hydrogen) atoms. The first-order valence-corrected chi connectivity index (χ1v) is 4.41. The summed E-state index contributed by atoms with van der Waals surface area (Å²) < 4.78 is 10.7. The monoisotopic (exact) mass is 203 g/mol. The lowest BCUT2D eigenvalue weighted by Crippen LogP contribution is -1.81. The van der Waals surface area contributed by atoms with Gasteiger partial charge in [-0.25, -0.2) is 0 Å². The second kappa shape index (κ2) is 3.94. The van der Waals surface area contributed by atoms with Gasteiger partial charge in [0, 0.05) is 10.3 Å². The first kappa shape index (κ1) is 9.43. The maximum absolute atomic E-state index is 8.20. The highest BCUT2D eigenvalue weighted by molar-refractivity contribution is 5.83. The van der Waals surface area contributed by atoms with E-state index >= 15 is 0 Å². The zero-order valence-corrected chi connectivity index (χ0v) is 8.17. The Kier molecular flexibility index (Phi) is 2.48. The molecule has 1 heterocycles. The molecule has 0 amide bonds. The smallest absolute Gasteiger partial charge is 0.176 e. The van der Waals surface area contributed by atoms with Gasteiger partial charge in [0.15, 0.2) is 11.3 Å². The number of benzene rings is 1. The molecule has 2 rings (SSSR count). The number of methoxy groups -OCH3 is 1. The number of rotatable bonds is 3. The van der Waals surface area contributed by atoms with Gasteiger partial charge in [-0.3, -0.25) is 0 Å². The van der Waals surface area contributed by atoms with Crippen molar-refractivity contribution in [1.29, 1.82) is 0 Å². The summed E-state index contributed by atoms with van der Waals surface area (Å²) in [5, 5.41) is 4.38. The molecule has 0 radical (unpaired) electrons. The average molecular weight is 203 g/mol. The quantitative estimate of drug-likeness (QED) is 0.436. The van der Waals surface area contributed by atoms with Gasteiger partial charge in [0.05, 0.1) is 13.7 Å². The molecular formula is C10H9N3O2. The second-order valence-electron chi connectivity index (χ2n) is 2.98. The van der Waals surface area contributed by atoms with E-state index in [1.807, 2.05) is 24.3 Å². The number of furan rings is 1. The number of para-hydroxylation sites is 1. The van der Waals surface area contributed by atoms with Crippen LogP contribution in [-0.2, 0) is 6.54 Å². The van der Waals surface area contributed by atoms with Crippen LogP contribution in [0.5, 0.6) is 5.75 Å². The van der Waals surface area contributed by atoms with Crippen LogP contribution in [0.15, 0.2) is 33.8 Å². The molecule has 2 aromatic rings. The highest BCUT2D eigenvalue weighted by atomic mass is 16.5. The largest absolute Gasteiger partial charge is 0.493 e. The minimum Gasteiger partial charge on any atom is -0.493 e. The Morgan fingerprint density at radius 1 is 1.53 bits per heavy atom. The highest BCUT2D eigenvalue weighted by Gasteiger charge is 2.07. The van der Waals surface area contributed by atoms with E-state index in [0.717, 1.165) is 5.39 Å². The topological polar surface area (TPSA) is 71.1 Å². The van der Waals surface area contributed by atoms with Gasteiger partial charge in [-0.1, -0.05) is 17.2 Å². The molecule has 76 valence electrons. The van der Waals surface area contributed by atoms with Gasteiger partial charge in [-0.2, -0.15) is 0 Å². The number of nitrogens with zero attached hydrogens (tertiary/aromatic N) is 3. The van der Waals surface area contributed by atoms with Crippen molar-refractivity contribution in [3.63, 3.8) is 0 Å². The molecule has 0 N–H and O–H groups in total. The van der Waals surface area contributed by atoms with Crippen molar-refractivity contribution < 1.29 is 9.15 Å². The fraction of sp³-hybridized carbons (Fsp3) is 0.200. The normalized spacial score (nSPS) is 9.93. The van der Waals surface area contributed by atoms with Crippen molar-refractivity contribution >= 4 is 11.0 Å². The number of hydrogen-bond acceptors (Lipinski definition) is 3. The zero-order valence-electron chi connectivity index (χ0n) is 8.17. The van der Waals surface area contributed by atoms with Crippen LogP contribution in [0.3, 0.4) is 0 Å². The third kappa shape index (κ3) is 1.73. The zero-order chi connectivity index (χ0) is 10.7. The highest BCUT2D eigenvalue weighted by Crippen LogP contribution is 2.28. The minimum atomic E-state index is 0.217. The van der Waals surface area contributed by atoms with Gasteiger partial charge in [-0.15, -0.1) is 0 Å². The number of fused-ring (bicyclic) bond motifs is 1. The fourth-order valence-corrected chi connectivity index (χ4v) is 1.43. The Hall–Kier alpha value is -2.13. The van der Waals surface area contributed by atoms with Crippen LogP contribution in [0, 0.1) is 0 Å². The van der Waals surface area contributed by atoms with Gasteiger partial charge >= 0.3 is 0 Å². The van der Waals surface area contributed by atoms with Crippen LogP contribution in [0.4, 0.5) is 0 Å². The molecule has 0 atom stereocenters. The van der Waals surface area contributed by atoms with Crippen molar-refractivity contribution in [2.75, 3.05) is 7.11 Å². The lowest BCUT2D eigenvalue weighted by Gasteiger charge is -1.98. The van der Waals surface area contributed by atoms with Crippen LogP contribution >= 0.6 is 0 Å². The molecule has 0 aliphatic rings. The molecule has 5 nitrogen and oxygen atoms in total. The minimum absolute atomic E-state index is 0.217. The molecule has 0 aliphatic heterocycles. The number of hydrogen-bond donors (Lipinski definition) is 0. The number of ether oxygens (including phenoxy) is 1. The van der Waals surface area contributed by atoms with E-state index in [-0.39, 0.29) is 6.54 Å². The van der Waals surface area contributed by atoms with Crippen LogP contribution in [-0.4, -0.2) is 7.11 Å². The molecule has 0 fully saturated rings. The third-order valence-corrected chi connectivity index (χ3v) is 2.07. The lowest BCUT2D eigenvalue weighted by atomic mass is 10.2. The molecule has 0 bridgehead atoms. The third-order valence-electron chi connectivity index (χ3n) is 2.07. The standard InChI is InChI=1S/C10H9N3O2/c1-14-9-4-2-3-7-5-8(6-12-13-11)15-10(7)9/h2-5H,6H2,1H3. The van der Waals surface area contributed by atoms with E-state index in [4.69, 9.17) is 14.7 Å². The van der Waals surface area contributed by atoms with E-state index in [1.54, 1.807) is 7.11 Å². The predicted octanol–water partition coefficient (Wildman–Crippen LogP) is 3.25. The Bertz CT molecular complexity index is 526. The molecule has 0 aliphatic carbocycles. The van der Waals surface area contributed by atoms with Gasteiger partial charge in [0.1, 0.15) is 5.76 Å². The molecule has 5 heteroatoms. The van der Waals surface area contributed by atoms with E-state index in [9.17, 15) is 0 Å². The SMILES string of the molecule is COc1cccc2cc(CN=[N+]=[N-])oc12. The van der Waals surface area contributed by atoms with Gasteiger partial charge in [-0.05, 0) is 17.7 Å². The van der Waals surface area contributed by atoms with Crippen molar-refractivity contribution in [3.8, 4) is 5.75 Å². The summed E-state index contributed by atoms with van der Waals surface area (Å²) >= 11 is 0. The van der Waals surface area contributed by atoms with Crippen molar-refractivity contribution in [2.24, 2.45) is 5.11 Å². The average Bonchev–Trinajstić information content (AvgIpc) is 2.68. The summed E-state index contributed by atoms with van der Waals surface area (Å²) in [4.78, 5) is 2.68. The first-order valence-electron chi connectivity index (χ1n) is 4.41. The molecule has 1 aromatic carbocycles.